The molecule has 6 rings (SSSR count). The quantitative estimate of drug-likeness (QED) is 0.414. The SMILES string of the molecule is Cn1cc(-c2nc3nccc(-c4ccc5c(c4)CN(C(=O)c4nc(C(C)(C)C)no4)CC5)c3[nH]2)cn1. The lowest BCUT2D eigenvalue weighted by molar-refractivity contribution is 0.0684. The first-order chi connectivity index (χ1) is 17.3. The fourth-order valence-corrected chi connectivity index (χ4v) is 4.48. The summed E-state index contributed by atoms with van der Waals surface area (Å²) in [6.45, 7) is 7.04. The number of benzene rings is 1. The zero-order valence-corrected chi connectivity index (χ0v) is 20.6. The van der Waals surface area contributed by atoms with Crippen LogP contribution >= 0.6 is 0 Å². The molecule has 10 heteroatoms. The van der Waals surface area contributed by atoms with E-state index in [1.165, 1.54) is 5.56 Å². The van der Waals surface area contributed by atoms with E-state index in [-0.39, 0.29) is 17.2 Å². The lowest BCUT2D eigenvalue weighted by Crippen LogP contribution is -2.36. The van der Waals surface area contributed by atoms with Gasteiger partial charge in [0, 0.05) is 43.5 Å². The topological polar surface area (TPSA) is 119 Å². The average Bonchev–Trinajstić information content (AvgIpc) is 3.61. The molecule has 0 saturated carbocycles. The minimum atomic E-state index is -0.287. The number of nitrogens with one attached hydrogen (secondary N) is 1. The van der Waals surface area contributed by atoms with Gasteiger partial charge in [-0.15, -0.1) is 0 Å². The highest BCUT2D eigenvalue weighted by molar-refractivity contribution is 5.92. The molecule has 1 aromatic carbocycles. The number of nitrogens with zero attached hydrogens (tertiary/aromatic N) is 7. The van der Waals surface area contributed by atoms with E-state index in [1.54, 1.807) is 22.0 Å². The van der Waals surface area contributed by atoms with Crippen molar-refractivity contribution in [2.24, 2.45) is 7.05 Å². The molecule has 5 aromatic rings. The Hall–Kier alpha value is -4.34. The predicted molar refractivity (Wildman–Crippen MR) is 133 cm³/mol. The highest BCUT2D eigenvalue weighted by atomic mass is 16.5. The number of fused-ring (bicyclic) bond motifs is 2. The summed E-state index contributed by atoms with van der Waals surface area (Å²) < 4.78 is 7.04. The third-order valence-electron chi connectivity index (χ3n) is 6.47. The Labute approximate surface area is 207 Å². The summed E-state index contributed by atoms with van der Waals surface area (Å²) in [5, 5.41) is 8.24. The van der Waals surface area contributed by atoms with Crippen LogP contribution in [0, 0.1) is 0 Å². The first-order valence-corrected chi connectivity index (χ1v) is 11.9. The minimum Gasteiger partial charge on any atom is -0.336 e. The average molecular weight is 483 g/mol. The smallest absolute Gasteiger partial charge is 0.316 e. The number of carbonyl (C=O) groups excluding carboxylic acids is 1. The number of aryl methyl sites for hydroxylation is 1. The maximum absolute atomic E-state index is 13.1. The van der Waals surface area contributed by atoms with E-state index < -0.39 is 0 Å². The molecule has 1 N–H and O–H groups in total. The van der Waals surface area contributed by atoms with Gasteiger partial charge in [0.25, 0.3) is 0 Å². The van der Waals surface area contributed by atoms with Crippen molar-refractivity contribution in [1.29, 1.82) is 0 Å². The fourth-order valence-electron chi connectivity index (χ4n) is 4.48. The molecule has 1 amide bonds. The van der Waals surface area contributed by atoms with E-state index in [1.807, 2.05) is 40.1 Å². The summed E-state index contributed by atoms with van der Waals surface area (Å²) in [6, 6.07) is 8.38. The van der Waals surface area contributed by atoms with Gasteiger partial charge in [-0.2, -0.15) is 10.1 Å². The van der Waals surface area contributed by atoms with Gasteiger partial charge >= 0.3 is 11.8 Å². The van der Waals surface area contributed by atoms with Gasteiger partial charge in [-0.05, 0) is 35.2 Å². The van der Waals surface area contributed by atoms with E-state index in [4.69, 9.17) is 4.52 Å². The standard InChI is InChI=1S/C26H26N8O2/c1-26(2,3)25-31-23(36-32-25)24(35)34-10-8-15-5-6-16(11-17(15)14-34)19-7-9-27-22-20(19)29-21(30-22)18-12-28-33(4)13-18/h5-7,9,11-13H,8,10,14H2,1-4H3,(H,27,29,30). The van der Waals surface area contributed by atoms with Gasteiger partial charge in [0.15, 0.2) is 11.5 Å². The normalized spacial score (nSPS) is 13.8. The van der Waals surface area contributed by atoms with Gasteiger partial charge in [-0.3, -0.25) is 9.48 Å². The molecule has 5 heterocycles. The summed E-state index contributed by atoms with van der Waals surface area (Å²) in [5.74, 6) is 1.05. The summed E-state index contributed by atoms with van der Waals surface area (Å²) in [6.07, 6.45) is 6.22. The van der Waals surface area contributed by atoms with Gasteiger partial charge in [0.1, 0.15) is 5.82 Å². The van der Waals surface area contributed by atoms with E-state index >= 15 is 0 Å². The molecule has 1 aliphatic rings. The van der Waals surface area contributed by atoms with Crippen LogP contribution < -0.4 is 0 Å². The molecular weight excluding hydrogens is 456 g/mol. The molecule has 10 nitrogen and oxygen atoms in total. The number of H-pyrrole nitrogens is 1. The van der Waals surface area contributed by atoms with Crippen LogP contribution in [0.4, 0.5) is 0 Å². The third-order valence-corrected chi connectivity index (χ3v) is 6.47. The maximum atomic E-state index is 13.1. The molecule has 0 bridgehead atoms. The second-order valence-electron chi connectivity index (χ2n) is 10.2. The van der Waals surface area contributed by atoms with Crippen LogP contribution in [0.3, 0.4) is 0 Å². The van der Waals surface area contributed by atoms with E-state index in [0.717, 1.165) is 40.0 Å². The highest BCUT2D eigenvalue weighted by Crippen LogP contribution is 2.31. The van der Waals surface area contributed by atoms with Crippen LogP contribution in [0.2, 0.25) is 0 Å². The lowest BCUT2D eigenvalue weighted by atomic mass is 9.94. The number of hydrogen-bond acceptors (Lipinski definition) is 7. The first-order valence-electron chi connectivity index (χ1n) is 11.9. The Balaban J connectivity index is 1.31. The van der Waals surface area contributed by atoms with Crippen molar-refractivity contribution in [3.05, 3.63) is 65.7 Å². The molecule has 0 aliphatic carbocycles. The van der Waals surface area contributed by atoms with Crippen molar-refractivity contribution in [3.63, 3.8) is 0 Å². The van der Waals surface area contributed by atoms with Crippen LogP contribution in [0.5, 0.6) is 0 Å². The van der Waals surface area contributed by atoms with Gasteiger partial charge in [0.2, 0.25) is 0 Å². The Bertz CT molecular complexity index is 1600. The first kappa shape index (κ1) is 22.1. The Morgan fingerprint density at radius 2 is 1.97 bits per heavy atom. The molecule has 0 atom stereocenters. The molecule has 0 saturated heterocycles. The van der Waals surface area contributed by atoms with Crippen molar-refractivity contribution in [2.45, 2.75) is 39.2 Å². The molecule has 0 unspecified atom stereocenters. The molecule has 4 aromatic heterocycles. The molecule has 0 spiro atoms. The van der Waals surface area contributed by atoms with Crippen LogP contribution in [-0.2, 0) is 25.4 Å². The van der Waals surface area contributed by atoms with Crippen molar-refractivity contribution >= 4 is 17.1 Å². The van der Waals surface area contributed by atoms with Gasteiger partial charge in [0.05, 0.1) is 17.3 Å². The Kier molecular flexibility index (Phi) is 4.99. The fraction of sp³-hybridized carbons (Fsp3) is 0.308. The van der Waals surface area contributed by atoms with Crippen molar-refractivity contribution in [1.82, 2.24) is 39.8 Å². The second-order valence-corrected chi connectivity index (χ2v) is 10.2. The number of aromatic nitrogens is 7. The number of pyridine rings is 1. The predicted octanol–water partition coefficient (Wildman–Crippen LogP) is 3.90. The Morgan fingerprint density at radius 3 is 2.72 bits per heavy atom. The molecule has 36 heavy (non-hydrogen) atoms. The number of rotatable bonds is 3. The summed E-state index contributed by atoms with van der Waals surface area (Å²) in [7, 11) is 1.87. The van der Waals surface area contributed by atoms with E-state index in [2.05, 4.69) is 48.4 Å². The molecule has 1 aliphatic heterocycles. The monoisotopic (exact) mass is 482 g/mol. The number of amides is 1. The zero-order chi connectivity index (χ0) is 25.0. The number of aromatic amines is 1. The summed E-state index contributed by atoms with van der Waals surface area (Å²) in [5.41, 5.74) is 6.48. The maximum Gasteiger partial charge on any atom is 0.316 e. The van der Waals surface area contributed by atoms with E-state index in [9.17, 15) is 4.79 Å². The third kappa shape index (κ3) is 3.84. The van der Waals surface area contributed by atoms with Gasteiger partial charge in [-0.25, -0.2) is 9.97 Å². The molecule has 182 valence electrons. The van der Waals surface area contributed by atoms with Crippen LogP contribution in [0.15, 0.2) is 47.4 Å². The zero-order valence-electron chi connectivity index (χ0n) is 20.6. The largest absolute Gasteiger partial charge is 0.336 e. The molecule has 0 radical (unpaired) electrons. The highest BCUT2D eigenvalue weighted by Gasteiger charge is 2.29. The van der Waals surface area contributed by atoms with Crippen molar-refractivity contribution < 1.29 is 9.32 Å². The van der Waals surface area contributed by atoms with E-state index in [0.29, 0.717) is 24.6 Å². The Morgan fingerprint density at radius 1 is 1.11 bits per heavy atom. The van der Waals surface area contributed by atoms with Crippen molar-refractivity contribution in [2.75, 3.05) is 6.54 Å². The van der Waals surface area contributed by atoms with Crippen LogP contribution in [0.1, 0.15) is 48.4 Å². The molecular formula is C26H26N8O2. The summed E-state index contributed by atoms with van der Waals surface area (Å²) >= 11 is 0. The number of carbonyl (C=O) groups is 1. The summed E-state index contributed by atoms with van der Waals surface area (Å²) in [4.78, 5) is 31.8. The van der Waals surface area contributed by atoms with Gasteiger partial charge in [-0.1, -0.05) is 38.1 Å². The van der Waals surface area contributed by atoms with Crippen molar-refractivity contribution in [3.8, 4) is 22.5 Å². The number of hydrogen-bond donors (Lipinski definition) is 1. The number of imidazole rings is 1. The van der Waals surface area contributed by atoms with Gasteiger partial charge < -0.3 is 14.4 Å². The van der Waals surface area contributed by atoms with Crippen LogP contribution in [0.25, 0.3) is 33.7 Å². The van der Waals surface area contributed by atoms with Crippen LogP contribution in [-0.4, -0.2) is 52.2 Å². The minimum absolute atomic E-state index is 0.0377. The lowest BCUT2D eigenvalue weighted by Gasteiger charge is -2.28. The molecule has 0 fully saturated rings. The second kappa shape index (κ2) is 8.11.